The van der Waals surface area contributed by atoms with E-state index < -0.39 is 0 Å². The molecule has 0 aliphatic heterocycles. The molecule has 6 heteroatoms. The number of rotatable bonds is 10. The molecule has 0 aromatic heterocycles. The van der Waals surface area contributed by atoms with Gasteiger partial charge in [-0.15, -0.1) is 12.4 Å². The minimum absolute atomic E-state index is 0. The van der Waals surface area contributed by atoms with Gasteiger partial charge in [-0.1, -0.05) is 6.92 Å². The quantitative estimate of drug-likeness (QED) is 0.646. The smallest absolute Gasteiger partial charge is 0.220 e. The molecular formula is C16H27ClN2O3. The average Bonchev–Trinajstić information content (AvgIpc) is 2.52. The summed E-state index contributed by atoms with van der Waals surface area (Å²) in [4.78, 5) is 11.8. The summed E-state index contributed by atoms with van der Waals surface area (Å²) < 4.78 is 10.5. The topological polar surface area (TPSA) is 59.6 Å². The van der Waals surface area contributed by atoms with Gasteiger partial charge < -0.3 is 20.1 Å². The predicted octanol–water partition coefficient (Wildman–Crippen LogP) is 2.17. The molecule has 0 saturated heterocycles. The molecule has 0 unspecified atom stereocenters. The Morgan fingerprint density at radius 3 is 2.55 bits per heavy atom. The summed E-state index contributed by atoms with van der Waals surface area (Å²) in [5.74, 6) is 1.61. The van der Waals surface area contributed by atoms with Crippen LogP contribution < -0.4 is 20.1 Å². The lowest BCUT2D eigenvalue weighted by Gasteiger charge is -2.11. The number of methoxy groups -OCH3 is 2. The van der Waals surface area contributed by atoms with Crippen LogP contribution in [0.5, 0.6) is 11.5 Å². The van der Waals surface area contributed by atoms with Crippen molar-refractivity contribution in [3.63, 3.8) is 0 Å². The second-order valence-electron chi connectivity index (χ2n) is 4.78. The minimum Gasteiger partial charge on any atom is -0.497 e. The molecule has 0 radical (unpaired) electrons. The van der Waals surface area contributed by atoms with E-state index >= 15 is 0 Å². The van der Waals surface area contributed by atoms with Gasteiger partial charge in [0.05, 0.1) is 14.2 Å². The van der Waals surface area contributed by atoms with E-state index in [2.05, 4.69) is 17.6 Å². The molecule has 0 aliphatic rings. The molecule has 22 heavy (non-hydrogen) atoms. The van der Waals surface area contributed by atoms with Crippen LogP contribution in [-0.2, 0) is 11.2 Å². The SMILES string of the molecule is CCCNCCNC(=O)CCc1cc(OC)ccc1OC.Cl. The number of carbonyl (C=O) groups excluding carboxylic acids is 1. The maximum atomic E-state index is 11.8. The van der Waals surface area contributed by atoms with Crippen LogP contribution in [0.25, 0.3) is 0 Å². The molecule has 0 saturated carbocycles. The monoisotopic (exact) mass is 330 g/mol. The molecule has 1 rings (SSSR count). The van der Waals surface area contributed by atoms with Gasteiger partial charge in [0.2, 0.25) is 5.91 Å². The largest absolute Gasteiger partial charge is 0.497 e. The number of hydrogen-bond donors (Lipinski definition) is 2. The number of nitrogens with one attached hydrogen (secondary N) is 2. The number of ether oxygens (including phenoxy) is 2. The number of hydrogen-bond acceptors (Lipinski definition) is 4. The normalized spacial score (nSPS) is 9.77. The Bertz CT molecular complexity index is 441. The van der Waals surface area contributed by atoms with E-state index in [0.29, 0.717) is 19.4 Å². The molecule has 1 aromatic rings. The van der Waals surface area contributed by atoms with E-state index in [4.69, 9.17) is 9.47 Å². The lowest BCUT2D eigenvalue weighted by atomic mass is 10.1. The van der Waals surface area contributed by atoms with Crippen LogP contribution >= 0.6 is 12.4 Å². The first-order valence-corrected chi connectivity index (χ1v) is 7.39. The summed E-state index contributed by atoms with van der Waals surface area (Å²) in [6.45, 7) is 4.57. The number of benzene rings is 1. The van der Waals surface area contributed by atoms with Gasteiger partial charge in [-0.2, -0.15) is 0 Å². The summed E-state index contributed by atoms with van der Waals surface area (Å²) >= 11 is 0. The van der Waals surface area contributed by atoms with Gasteiger partial charge in [-0.3, -0.25) is 4.79 Å². The van der Waals surface area contributed by atoms with Gasteiger partial charge in [-0.05, 0) is 43.1 Å². The molecular weight excluding hydrogens is 304 g/mol. The third-order valence-electron chi connectivity index (χ3n) is 3.16. The van der Waals surface area contributed by atoms with Gasteiger partial charge >= 0.3 is 0 Å². The fourth-order valence-corrected chi connectivity index (χ4v) is 2.01. The highest BCUT2D eigenvalue weighted by Gasteiger charge is 2.08. The van der Waals surface area contributed by atoms with E-state index in [1.807, 2.05) is 18.2 Å². The van der Waals surface area contributed by atoms with Crippen LogP contribution in [0.4, 0.5) is 0 Å². The standard InChI is InChI=1S/C16H26N2O3.ClH/c1-4-9-17-10-11-18-16(19)8-5-13-12-14(20-2)6-7-15(13)21-3;/h6-7,12,17H,4-5,8-11H2,1-3H3,(H,18,19);1H. The molecule has 0 fully saturated rings. The van der Waals surface area contributed by atoms with Crippen LogP contribution in [0.15, 0.2) is 18.2 Å². The van der Waals surface area contributed by atoms with Crippen molar-refractivity contribution < 1.29 is 14.3 Å². The molecule has 0 heterocycles. The van der Waals surface area contributed by atoms with Crippen LogP contribution in [0, 0.1) is 0 Å². The Balaban J connectivity index is 0.00000441. The summed E-state index contributed by atoms with van der Waals surface area (Å²) in [5, 5.41) is 6.15. The zero-order chi connectivity index (χ0) is 15.5. The van der Waals surface area contributed by atoms with Crippen LogP contribution in [0.1, 0.15) is 25.3 Å². The molecule has 0 aliphatic carbocycles. The van der Waals surface area contributed by atoms with Gasteiger partial charge in [0.15, 0.2) is 0 Å². The lowest BCUT2D eigenvalue weighted by Crippen LogP contribution is -2.32. The highest BCUT2D eigenvalue weighted by molar-refractivity contribution is 5.85. The Labute approximate surface area is 139 Å². The number of carbonyl (C=O) groups is 1. The predicted molar refractivity (Wildman–Crippen MR) is 91.3 cm³/mol. The molecule has 0 atom stereocenters. The number of halogens is 1. The van der Waals surface area contributed by atoms with Gasteiger partial charge in [0.25, 0.3) is 0 Å². The highest BCUT2D eigenvalue weighted by Crippen LogP contribution is 2.24. The second-order valence-corrected chi connectivity index (χ2v) is 4.78. The van der Waals surface area contributed by atoms with E-state index in [-0.39, 0.29) is 18.3 Å². The van der Waals surface area contributed by atoms with Crippen molar-refractivity contribution >= 4 is 18.3 Å². The van der Waals surface area contributed by atoms with Gasteiger partial charge in [0.1, 0.15) is 11.5 Å². The van der Waals surface area contributed by atoms with Crippen LogP contribution in [0.2, 0.25) is 0 Å². The highest BCUT2D eigenvalue weighted by atomic mass is 35.5. The van der Waals surface area contributed by atoms with Crippen molar-refractivity contribution in [1.29, 1.82) is 0 Å². The minimum atomic E-state index is 0. The number of amides is 1. The van der Waals surface area contributed by atoms with Crippen LogP contribution in [0.3, 0.4) is 0 Å². The maximum absolute atomic E-state index is 11.8. The lowest BCUT2D eigenvalue weighted by molar-refractivity contribution is -0.121. The van der Waals surface area contributed by atoms with Crippen molar-refractivity contribution in [2.45, 2.75) is 26.2 Å². The Morgan fingerprint density at radius 1 is 1.14 bits per heavy atom. The number of aryl methyl sites for hydroxylation is 1. The zero-order valence-corrected chi connectivity index (χ0v) is 14.4. The summed E-state index contributed by atoms with van der Waals surface area (Å²) in [7, 11) is 3.26. The van der Waals surface area contributed by atoms with E-state index in [1.165, 1.54) is 0 Å². The summed E-state index contributed by atoms with van der Waals surface area (Å²) in [5.41, 5.74) is 0.983. The van der Waals surface area contributed by atoms with Crippen molar-refractivity contribution in [3.05, 3.63) is 23.8 Å². The Hall–Kier alpha value is -1.46. The molecule has 1 amide bonds. The third-order valence-corrected chi connectivity index (χ3v) is 3.16. The molecule has 1 aromatic carbocycles. The molecule has 126 valence electrons. The first-order chi connectivity index (χ1) is 10.2. The zero-order valence-electron chi connectivity index (χ0n) is 13.6. The molecule has 5 nitrogen and oxygen atoms in total. The molecule has 0 bridgehead atoms. The Morgan fingerprint density at radius 2 is 1.91 bits per heavy atom. The van der Waals surface area contributed by atoms with Crippen molar-refractivity contribution in [2.75, 3.05) is 33.9 Å². The summed E-state index contributed by atoms with van der Waals surface area (Å²) in [6, 6.07) is 5.62. The van der Waals surface area contributed by atoms with E-state index in [0.717, 1.165) is 36.6 Å². The fourth-order valence-electron chi connectivity index (χ4n) is 2.01. The van der Waals surface area contributed by atoms with E-state index in [9.17, 15) is 4.79 Å². The first-order valence-electron chi connectivity index (χ1n) is 7.39. The van der Waals surface area contributed by atoms with Gasteiger partial charge in [-0.25, -0.2) is 0 Å². The molecule has 2 N–H and O–H groups in total. The fraction of sp³-hybridized carbons (Fsp3) is 0.562. The maximum Gasteiger partial charge on any atom is 0.220 e. The second kappa shape index (κ2) is 12.1. The van der Waals surface area contributed by atoms with Crippen molar-refractivity contribution in [3.8, 4) is 11.5 Å². The van der Waals surface area contributed by atoms with Crippen molar-refractivity contribution in [2.24, 2.45) is 0 Å². The van der Waals surface area contributed by atoms with E-state index in [1.54, 1.807) is 14.2 Å². The molecule has 0 spiro atoms. The van der Waals surface area contributed by atoms with Crippen LogP contribution in [-0.4, -0.2) is 39.8 Å². The first kappa shape index (κ1) is 20.5. The third kappa shape index (κ3) is 7.52. The Kier molecular flexibility index (Phi) is 11.3. The van der Waals surface area contributed by atoms with Gasteiger partial charge in [0, 0.05) is 19.5 Å². The van der Waals surface area contributed by atoms with Crippen molar-refractivity contribution in [1.82, 2.24) is 10.6 Å². The summed E-state index contributed by atoms with van der Waals surface area (Å²) in [6.07, 6.45) is 2.18. The average molecular weight is 331 g/mol.